The highest BCUT2D eigenvalue weighted by Crippen LogP contribution is 2.40. The lowest BCUT2D eigenvalue weighted by atomic mass is 9.97. The molecule has 0 amide bonds. The average Bonchev–Trinajstić information content (AvgIpc) is 3.54. The van der Waals surface area contributed by atoms with Crippen molar-refractivity contribution in [2.75, 3.05) is 0 Å². The molecule has 266 valence electrons. The molecule has 0 aliphatic rings. The first kappa shape index (κ1) is 33.9. The molecule has 0 saturated carbocycles. The summed E-state index contributed by atoms with van der Waals surface area (Å²) in [5.74, 6) is 1.38. The number of halogens is 3. The molecule has 4 nitrogen and oxygen atoms in total. The Balaban J connectivity index is 1.29. The summed E-state index contributed by atoms with van der Waals surface area (Å²) in [6.45, 7) is 4.23. The average molecular weight is 723 g/mol. The number of hydrogen-bond donors (Lipinski definition) is 0. The number of para-hydroxylation sites is 1. The number of fused-ring (bicyclic) bond motifs is 3. The van der Waals surface area contributed by atoms with E-state index in [0.29, 0.717) is 34.2 Å². The Morgan fingerprint density at radius 3 is 1.62 bits per heavy atom. The summed E-state index contributed by atoms with van der Waals surface area (Å²) in [5.41, 5.74) is 10.5. The van der Waals surface area contributed by atoms with Crippen molar-refractivity contribution in [3.05, 3.63) is 180 Å². The number of hydrogen-bond acceptors (Lipinski definition) is 3. The normalized spacial score (nSPS) is 11.7. The Hall–Kier alpha value is -6.86. The molecule has 0 N–H and O–H groups in total. The number of benzene rings is 7. The molecular formula is C48H33F3N4. The minimum Gasteiger partial charge on any atom is -0.309 e. The SMILES string of the molecule is Cc1cc(C)cc(-c2ccc3c(c2)c2ccccc2n3-c2ccc(-c3ccc(C(F)(F)F)cc3)c(-c3nc(-c4ccccc4)nc(-c4ccccc4)n3)c2)c1. The lowest BCUT2D eigenvalue weighted by Gasteiger charge is -2.16. The van der Waals surface area contributed by atoms with Crippen LogP contribution in [0.25, 0.3) is 83.9 Å². The van der Waals surface area contributed by atoms with Gasteiger partial charge < -0.3 is 4.57 Å². The third-order valence-corrected chi connectivity index (χ3v) is 9.95. The third-order valence-electron chi connectivity index (χ3n) is 9.95. The van der Waals surface area contributed by atoms with Crippen LogP contribution in [-0.4, -0.2) is 19.5 Å². The van der Waals surface area contributed by atoms with E-state index in [1.54, 1.807) is 0 Å². The van der Waals surface area contributed by atoms with Crippen molar-refractivity contribution in [2.45, 2.75) is 20.0 Å². The second-order valence-electron chi connectivity index (χ2n) is 13.8. The van der Waals surface area contributed by atoms with E-state index in [2.05, 4.69) is 73.0 Å². The highest BCUT2D eigenvalue weighted by molar-refractivity contribution is 6.10. The summed E-state index contributed by atoms with van der Waals surface area (Å²) in [7, 11) is 0. The number of rotatable bonds is 6. The minimum absolute atomic E-state index is 0.405. The largest absolute Gasteiger partial charge is 0.416 e. The lowest BCUT2D eigenvalue weighted by molar-refractivity contribution is -0.137. The first-order valence-electron chi connectivity index (χ1n) is 18.0. The molecule has 9 aromatic rings. The van der Waals surface area contributed by atoms with E-state index in [1.165, 1.54) is 23.3 Å². The van der Waals surface area contributed by atoms with Gasteiger partial charge in [0, 0.05) is 33.2 Å². The molecule has 55 heavy (non-hydrogen) atoms. The van der Waals surface area contributed by atoms with Gasteiger partial charge in [-0.2, -0.15) is 13.2 Å². The zero-order valence-electron chi connectivity index (χ0n) is 30.0. The van der Waals surface area contributed by atoms with Gasteiger partial charge in [0.1, 0.15) is 0 Å². The van der Waals surface area contributed by atoms with Gasteiger partial charge in [0.25, 0.3) is 0 Å². The minimum atomic E-state index is -4.46. The van der Waals surface area contributed by atoms with Gasteiger partial charge in [0.2, 0.25) is 0 Å². The Morgan fingerprint density at radius 1 is 0.418 bits per heavy atom. The Morgan fingerprint density at radius 2 is 0.982 bits per heavy atom. The van der Waals surface area contributed by atoms with E-state index in [1.807, 2.05) is 84.9 Å². The number of nitrogens with zero attached hydrogens (tertiary/aromatic N) is 4. The maximum Gasteiger partial charge on any atom is 0.416 e. The molecule has 7 aromatic carbocycles. The molecule has 0 spiro atoms. The molecule has 0 saturated heterocycles. The molecule has 7 heteroatoms. The van der Waals surface area contributed by atoms with Crippen molar-refractivity contribution in [3.63, 3.8) is 0 Å². The highest BCUT2D eigenvalue weighted by atomic mass is 19.4. The fraction of sp³-hybridized carbons (Fsp3) is 0.0625. The molecule has 0 unspecified atom stereocenters. The van der Waals surface area contributed by atoms with Crippen molar-refractivity contribution in [1.29, 1.82) is 0 Å². The molecule has 0 atom stereocenters. The van der Waals surface area contributed by atoms with Crippen molar-refractivity contribution in [3.8, 4) is 62.1 Å². The zero-order valence-corrected chi connectivity index (χ0v) is 30.0. The van der Waals surface area contributed by atoms with E-state index in [9.17, 15) is 13.2 Å². The topological polar surface area (TPSA) is 43.6 Å². The summed E-state index contributed by atoms with van der Waals surface area (Å²) in [4.78, 5) is 15.0. The molecule has 0 radical (unpaired) electrons. The van der Waals surface area contributed by atoms with Crippen LogP contribution in [-0.2, 0) is 6.18 Å². The van der Waals surface area contributed by atoms with Crippen LogP contribution in [0.5, 0.6) is 0 Å². The highest BCUT2D eigenvalue weighted by Gasteiger charge is 2.30. The lowest BCUT2D eigenvalue weighted by Crippen LogP contribution is -2.04. The summed E-state index contributed by atoms with van der Waals surface area (Å²) < 4.78 is 43.2. The van der Waals surface area contributed by atoms with E-state index in [0.717, 1.165) is 61.9 Å². The van der Waals surface area contributed by atoms with Crippen LogP contribution in [0.1, 0.15) is 16.7 Å². The van der Waals surface area contributed by atoms with Crippen LogP contribution < -0.4 is 0 Å². The quantitative estimate of drug-likeness (QED) is 0.172. The molecule has 0 bridgehead atoms. The van der Waals surface area contributed by atoms with Gasteiger partial charge in [-0.1, -0.05) is 132 Å². The zero-order chi connectivity index (χ0) is 37.7. The third kappa shape index (κ3) is 6.44. The monoisotopic (exact) mass is 722 g/mol. The number of aryl methyl sites for hydroxylation is 2. The molecule has 2 aromatic heterocycles. The predicted molar refractivity (Wildman–Crippen MR) is 216 cm³/mol. The number of aromatic nitrogens is 4. The Kier molecular flexibility index (Phi) is 8.35. The summed E-state index contributed by atoms with van der Waals surface area (Å²) in [5, 5.41) is 2.22. The second kappa shape index (κ2) is 13.5. The maximum atomic E-state index is 13.7. The van der Waals surface area contributed by atoms with Crippen molar-refractivity contribution >= 4 is 21.8 Å². The predicted octanol–water partition coefficient (Wildman–Crippen LogP) is 12.9. The van der Waals surface area contributed by atoms with Crippen LogP contribution in [0.4, 0.5) is 13.2 Å². The fourth-order valence-electron chi connectivity index (χ4n) is 7.45. The first-order valence-corrected chi connectivity index (χ1v) is 18.0. The van der Waals surface area contributed by atoms with Crippen LogP contribution in [0.3, 0.4) is 0 Å². The van der Waals surface area contributed by atoms with Gasteiger partial charge in [0.15, 0.2) is 17.5 Å². The van der Waals surface area contributed by atoms with Crippen molar-refractivity contribution in [2.24, 2.45) is 0 Å². The molecule has 0 aliphatic heterocycles. The van der Waals surface area contributed by atoms with E-state index in [4.69, 9.17) is 15.0 Å². The molecule has 0 fully saturated rings. The van der Waals surface area contributed by atoms with E-state index in [-0.39, 0.29) is 0 Å². The number of alkyl halides is 3. The standard InChI is InChI=1S/C48H33F3N4/c1-30-25-31(2)27-36(26-30)35-19-24-44-41(28-35)40-15-9-10-16-43(40)55(44)38-22-23-39(32-17-20-37(21-18-32)48(49,50)51)42(29-38)47-53-45(33-11-5-3-6-12-33)52-46(54-47)34-13-7-4-8-14-34/h3-29H,1-2H3. The van der Waals surface area contributed by atoms with Crippen LogP contribution in [0.15, 0.2) is 164 Å². The smallest absolute Gasteiger partial charge is 0.309 e. The summed E-state index contributed by atoms with van der Waals surface area (Å²) in [6, 6.07) is 52.2. The van der Waals surface area contributed by atoms with Gasteiger partial charge in [-0.3, -0.25) is 0 Å². The summed E-state index contributed by atoms with van der Waals surface area (Å²) in [6.07, 6.45) is -4.46. The Labute approximate surface area is 316 Å². The van der Waals surface area contributed by atoms with E-state index >= 15 is 0 Å². The fourth-order valence-corrected chi connectivity index (χ4v) is 7.45. The Bertz CT molecular complexity index is 2780. The van der Waals surface area contributed by atoms with Gasteiger partial charge in [0.05, 0.1) is 16.6 Å². The second-order valence-corrected chi connectivity index (χ2v) is 13.8. The van der Waals surface area contributed by atoms with Gasteiger partial charge >= 0.3 is 6.18 Å². The van der Waals surface area contributed by atoms with Crippen molar-refractivity contribution < 1.29 is 13.2 Å². The van der Waals surface area contributed by atoms with Gasteiger partial charge in [-0.15, -0.1) is 0 Å². The molecule has 2 heterocycles. The first-order chi connectivity index (χ1) is 26.7. The van der Waals surface area contributed by atoms with Gasteiger partial charge in [-0.05, 0) is 78.6 Å². The van der Waals surface area contributed by atoms with Crippen molar-refractivity contribution in [1.82, 2.24) is 19.5 Å². The molecular weight excluding hydrogens is 690 g/mol. The van der Waals surface area contributed by atoms with Crippen LogP contribution in [0, 0.1) is 13.8 Å². The van der Waals surface area contributed by atoms with Gasteiger partial charge in [-0.25, -0.2) is 15.0 Å². The maximum absolute atomic E-state index is 13.7. The molecule has 0 aliphatic carbocycles. The molecule has 9 rings (SSSR count). The van der Waals surface area contributed by atoms with Crippen LogP contribution in [0.2, 0.25) is 0 Å². The summed E-state index contributed by atoms with van der Waals surface area (Å²) >= 11 is 0. The van der Waals surface area contributed by atoms with Crippen LogP contribution >= 0.6 is 0 Å². The van der Waals surface area contributed by atoms with E-state index < -0.39 is 11.7 Å².